The summed E-state index contributed by atoms with van der Waals surface area (Å²) in [6.45, 7) is 0.765. The van der Waals surface area contributed by atoms with Crippen molar-refractivity contribution in [3.63, 3.8) is 0 Å². The summed E-state index contributed by atoms with van der Waals surface area (Å²) in [5, 5.41) is 13.2. The Labute approximate surface area is 148 Å². The van der Waals surface area contributed by atoms with Gasteiger partial charge in [-0.2, -0.15) is 5.10 Å². The minimum atomic E-state index is 0.402. The second-order valence-corrected chi connectivity index (χ2v) is 7.45. The van der Waals surface area contributed by atoms with E-state index in [-0.39, 0.29) is 0 Å². The average molecular weight is 349 g/mol. The second kappa shape index (κ2) is 5.66. The van der Waals surface area contributed by atoms with E-state index in [1.165, 1.54) is 10.6 Å². The predicted molar refractivity (Wildman–Crippen MR) is 95.1 cm³/mol. The molecule has 0 spiro atoms. The van der Waals surface area contributed by atoms with E-state index >= 15 is 0 Å². The maximum Gasteiger partial charge on any atom is 0.179 e. The van der Waals surface area contributed by atoms with Crippen molar-refractivity contribution in [2.24, 2.45) is 7.05 Å². The van der Waals surface area contributed by atoms with Gasteiger partial charge in [-0.1, -0.05) is 5.21 Å². The van der Waals surface area contributed by atoms with Gasteiger partial charge < -0.3 is 0 Å². The number of rotatable bonds is 3. The number of aromatic nitrogens is 7. The SMILES string of the molecule is Cn1cc(-c2ccc3nnn(CC4Cc5ncccc5S4)c3n2)cn1. The fourth-order valence-corrected chi connectivity index (χ4v) is 4.35. The van der Waals surface area contributed by atoms with Crippen LogP contribution in [0.4, 0.5) is 0 Å². The Hall–Kier alpha value is -2.74. The van der Waals surface area contributed by atoms with Gasteiger partial charge in [0.1, 0.15) is 5.52 Å². The van der Waals surface area contributed by atoms with Crippen LogP contribution in [0.1, 0.15) is 5.69 Å². The van der Waals surface area contributed by atoms with Crippen LogP contribution in [-0.2, 0) is 20.0 Å². The van der Waals surface area contributed by atoms with Gasteiger partial charge in [0.25, 0.3) is 0 Å². The molecule has 25 heavy (non-hydrogen) atoms. The van der Waals surface area contributed by atoms with Crippen LogP contribution >= 0.6 is 11.8 Å². The fourth-order valence-electron chi connectivity index (χ4n) is 3.11. The highest BCUT2D eigenvalue weighted by atomic mass is 32.2. The maximum absolute atomic E-state index is 4.77. The monoisotopic (exact) mass is 349 g/mol. The van der Waals surface area contributed by atoms with Gasteiger partial charge in [-0.15, -0.1) is 16.9 Å². The number of thioether (sulfide) groups is 1. The van der Waals surface area contributed by atoms with Crippen LogP contribution in [0.2, 0.25) is 0 Å². The van der Waals surface area contributed by atoms with Gasteiger partial charge in [0.15, 0.2) is 5.65 Å². The number of nitrogens with zero attached hydrogens (tertiary/aromatic N) is 7. The topological polar surface area (TPSA) is 74.3 Å². The van der Waals surface area contributed by atoms with E-state index in [1.54, 1.807) is 4.68 Å². The summed E-state index contributed by atoms with van der Waals surface area (Å²) >= 11 is 1.85. The van der Waals surface area contributed by atoms with Crippen molar-refractivity contribution in [3.8, 4) is 11.3 Å². The first-order valence-corrected chi connectivity index (χ1v) is 8.94. The molecular weight excluding hydrogens is 334 g/mol. The minimum Gasteiger partial charge on any atom is -0.275 e. The zero-order valence-electron chi connectivity index (χ0n) is 13.6. The van der Waals surface area contributed by atoms with Crippen molar-refractivity contribution >= 4 is 22.9 Å². The van der Waals surface area contributed by atoms with E-state index in [2.05, 4.69) is 26.5 Å². The quantitative estimate of drug-likeness (QED) is 0.565. The molecule has 8 heteroatoms. The van der Waals surface area contributed by atoms with Gasteiger partial charge in [-0.25, -0.2) is 9.67 Å². The molecule has 0 saturated heterocycles. The van der Waals surface area contributed by atoms with Crippen LogP contribution in [0.25, 0.3) is 22.4 Å². The molecule has 1 unspecified atom stereocenters. The van der Waals surface area contributed by atoms with Crippen molar-refractivity contribution in [2.45, 2.75) is 23.1 Å². The Balaban J connectivity index is 1.46. The standard InChI is InChI=1S/C17H15N7S/c1-23-9-11(8-19-23)13-4-5-14-17(20-13)24(22-21-14)10-12-7-15-16(25-12)3-2-6-18-15/h2-6,8-9,12H,7,10H2,1H3. The minimum absolute atomic E-state index is 0.402. The molecule has 1 atom stereocenters. The molecule has 5 rings (SSSR count). The summed E-state index contributed by atoms with van der Waals surface area (Å²) in [6, 6.07) is 8.04. The molecule has 0 aliphatic carbocycles. The molecule has 0 fully saturated rings. The Morgan fingerprint density at radius 3 is 3.08 bits per heavy atom. The molecule has 0 aromatic carbocycles. The normalized spacial score (nSPS) is 16.4. The molecular formula is C17H15N7S. The third kappa shape index (κ3) is 2.58. The summed E-state index contributed by atoms with van der Waals surface area (Å²) in [4.78, 5) is 10.5. The molecule has 0 bridgehead atoms. The van der Waals surface area contributed by atoms with E-state index in [0.717, 1.165) is 35.4 Å². The molecule has 0 saturated carbocycles. The first-order valence-electron chi connectivity index (χ1n) is 8.06. The molecule has 0 N–H and O–H groups in total. The van der Waals surface area contributed by atoms with E-state index in [4.69, 9.17) is 4.98 Å². The molecule has 4 aromatic rings. The molecule has 7 nitrogen and oxygen atoms in total. The number of aryl methyl sites for hydroxylation is 1. The van der Waals surface area contributed by atoms with Gasteiger partial charge >= 0.3 is 0 Å². The Bertz CT molecular complexity index is 1040. The summed E-state index contributed by atoms with van der Waals surface area (Å²) in [6.07, 6.45) is 6.58. The Morgan fingerprint density at radius 2 is 2.24 bits per heavy atom. The molecule has 5 heterocycles. The zero-order valence-corrected chi connectivity index (χ0v) is 14.4. The van der Waals surface area contributed by atoms with Gasteiger partial charge in [-0.3, -0.25) is 9.67 Å². The summed E-state index contributed by atoms with van der Waals surface area (Å²) in [5.74, 6) is 0. The highest BCUT2D eigenvalue weighted by molar-refractivity contribution is 8.00. The van der Waals surface area contributed by atoms with Gasteiger partial charge in [0.2, 0.25) is 0 Å². The van der Waals surface area contributed by atoms with E-state index in [0.29, 0.717) is 5.25 Å². The van der Waals surface area contributed by atoms with Crippen molar-refractivity contribution < 1.29 is 0 Å². The summed E-state index contributed by atoms with van der Waals surface area (Å²) in [7, 11) is 1.90. The Kier molecular flexibility index (Phi) is 3.30. The largest absolute Gasteiger partial charge is 0.275 e. The third-order valence-corrected chi connectivity index (χ3v) is 5.57. The van der Waals surface area contributed by atoms with Crippen LogP contribution in [-0.4, -0.2) is 40.0 Å². The van der Waals surface area contributed by atoms with Crippen LogP contribution in [0.5, 0.6) is 0 Å². The lowest BCUT2D eigenvalue weighted by Gasteiger charge is -2.08. The molecule has 4 aromatic heterocycles. The highest BCUT2D eigenvalue weighted by Crippen LogP contribution is 2.36. The lowest BCUT2D eigenvalue weighted by molar-refractivity contribution is 0.582. The highest BCUT2D eigenvalue weighted by Gasteiger charge is 2.24. The summed E-state index contributed by atoms with van der Waals surface area (Å²) in [5.41, 5.74) is 4.67. The van der Waals surface area contributed by atoms with E-state index in [9.17, 15) is 0 Å². The van der Waals surface area contributed by atoms with Crippen LogP contribution in [0.15, 0.2) is 47.8 Å². The van der Waals surface area contributed by atoms with Crippen molar-refractivity contribution in [3.05, 3.63) is 48.5 Å². The number of fused-ring (bicyclic) bond motifs is 2. The van der Waals surface area contributed by atoms with Gasteiger partial charge in [0, 0.05) is 41.6 Å². The van der Waals surface area contributed by atoms with Crippen molar-refractivity contribution in [1.82, 2.24) is 34.7 Å². The van der Waals surface area contributed by atoms with Crippen LogP contribution < -0.4 is 0 Å². The van der Waals surface area contributed by atoms with Crippen LogP contribution in [0, 0.1) is 0 Å². The fraction of sp³-hybridized carbons (Fsp3) is 0.235. The molecule has 0 amide bonds. The van der Waals surface area contributed by atoms with E-state index in [1.807, 2.05) is 60.3 Å². The zero-order chi connectivity index (χ0) is 16.8. The Morgan fingerprint density at radius 1 is 1.28 bits per heavy atom. The number of hydrogen-bond donors (Lipinski definition) is 0. The third-order valence-electron chi connectivity index (χ3n) is 4.30. The summed E-state index contributed by atoms with van der Waals surface area (Å²) < 4.78 is 3.68. The van der Waals surface area contributed by atoms with Crippen LogP contribution in [0.3, 0.4) is 0 Å². The maximum atomic E-state index is 4.77. The number of hydrogen-bond acceptors (Lipinski definition) is 6. The van der Waals surface area contributed by atoms with E-state index < -0.39 is 0 Å². The first-order chi connectivity index (χ1) is 12.3. The molecule has 0 radical (unpaired) electrons. The van der Waals surface area contributed by atoms with Gasteiger partial charge in [-0.05, 0) is 24.3 Å². The second-order valence-electron chi connectivity index (χ2n) is 6.11. The van der Waals surface area contributed by atoms with Gasteiger partial charge in [0.05, 0.1) is 24.1 Å². The predicted octanol–water partition coefficient (Wildman–Crippen LogP) is 2.34. The molecule has 124 valence electrons. The average Bonchev–Trinajstić information content (AvgIpc) is 3.33. The smallest absolute Gasteiger partial charge is 0.179 e. The number of pyridine rings is 2. The molecule has 1 aliphatic heterocycles. The molecule has 1 aliphatic rings. The lowest BCUT2D eigenvalue weighted by Crippen LogP contribution is -2.14. The van der Waals surface area contributed by atoms with Crippen molar-refractivity contribution in [2.75, 3.05) is 0 Å². The lowest BCUT2D eigenvalue weighted by atomic mass is 10.2. The van der Waals surface area contributed by atoms with Crippen molar-refractivity contribution in [1.29, 1.82) is 0 Å². The first kappa shape index (κ1) is 14.6.